The summed E-state index contributed by atoms with van der Waals surface area (Å²) in [6, 6.07) is 6.12. The highest BCUT2D eigenvalue weighted by atomic mass is 19.1. The highest BCUT2D eigenvalue weighted by Gasteiger charge is 2.46. The Morgan fingerprint density at radius 3 is 1.75 bits per heavy atom. The second-order valence-corrected chi connectivity index (χ2v) is 15.8. The zero-order valence-corrected chi connectivity index (χ0v) is 33.7. The van der Waals surface area contributed by atoms with Crippen LogP contribution in [0.25, 0.3) is 5.76 Å². The van der Waals surface area contributed by atoms with Crippen LogP contribution >= 0.6 is 0 Å². The fourth-order valence-electron chi connectivity index (χ4n) is 8.02. The third kappa shape index (κ3) is 17.6. The molecule has 0 unspecified atom stereocenters. The van der Waals surface area contributed by atoms with Gasteiger partial charge in [-0.3, -0.25) is 24.6 Å². The third-order valence-electron chi connectivity index (χ3n) is 11.4. The summed E-state index contributed by atoms with van der Waals surface area (Å²) in [6.45, 7) is 8.54. The zero-order chi connectivity index (χ0) is 38.0. The lowest BCUT2D eigenvalue weighted by Gasteiger charge is -2.48. The van der Waals surface area contributed by atoms with E-state index < -0.39 is 5.54 Å². The van der Waals surface area contributed by atoms with Crippen LogP contribution in [0.4, 0.5) is 4.39 Å². The summed E-state index contributed by atoms with van der Waals surface area (Å²) in [5.41, 5.74) is 0.0449. The molecule has 2 amide bonds. The van der Waals surface area contributed by atoms with Crippen molar-refractivity contribution in [2.24, 2.45) is 0 Å². The predicted molar refractivity (Wildman–Crippen MR) is 216 cm³/mol. The monoisotopic (exact) mass is 740 g/mol. The van der Waals surface area contributed by atoms with E-state index in [0.717, 1.165) is 84.1 Å². The fourth-order valence-corrected chi connectivity index (χ4v) is 8.02. The maximum Gasteiger partial charge on any atom is 0.311 e. The van der Waals surface area contributed by atoms with E-state index in [1.54, 1.807) is 12.1 Å². The Morgan fingerprint density at radius 1 is 0.698 bits per heavy atom. The maximum atomic E-state index is 13.9. The SMILES string of the molecule is CCCCCCCCCCCC(=O)NC(=O)C1(N2CCCCC2)CCN(CC/C=C(\OC(=O)CCCCCCCCCCC)c2ccc(F)cc2)CC1. The van der Waals surface area contributed by atoms with Crippen molar-refractivity contribution >= 4 is 23.5 Å². The number of nitrogens with zero attached hydrogens (tertiary/aromatic N) is 2. The highest BCUT2D eigenvalue weighted by molar-refractivity contribution is 6.00. The number of hydrogen-bond donors (Lipinski definition) is 1. The number of amides is 2. The van der Waals surface area contributed by atoms with Gasteiger partial charge in [-0.15, -0.1) is 0 Å². The Hall–Kier alpha value is -2.58. The molecule has 300 valence electrons. The molecule has 2 saturated heterocycles. The minimum absolute atomic E-state index is 0.114. The molecule has 2 aliphatic rings. The molecule has 7 nitrogen and oxygen atoms in total. The topological polar surface area (TPSA) is 79.0 Å². The summed E-state index contributed by atoms with van der Waals surface area (Å²) in [4.78, 5) is 44.4. The first-order valence-electron chi connectivity index (χ1n) is 21.9. The number of esters is 1. The minimum atomic E-state index is -0.648. The van der Waals surface area contributed by atoms with Crippen molar-refractivity contribution in [1.82, 2.24) is 15.1 Å². The molecule has 0 spiro atoms. The van der Waals surface area contributed by atoms with E-state index in [0.29, 0.717) is 43.4 Å². The number of ether oxygens (including phenoxy) is 1. The summed E-state index contributed by atoms with van der Waals surface area (Å²) in [6.07, 6.45) is 29.5. The van der Waals surface area contributed by atoms with Crippen molar-refractivity contribution in [3.05, 3.63) is 41.7 Å². The normalized spacial score (nSPS) is 16.8. The predicted octanol–water partition coefficient (Wildman–Crippen LogP) is 10.9. The summed E-state index contributed by atoms with van der Waals surface area (Å²) in [5, 5.41) is 2.84. The lowest BCUT2D eigenvalue weighted by molar-refractivity contribution is -0.143. The van der Waals surface area contributed by atoms with Gasteiger partial charge in [0.15, 0.2) is 0 Å². The van der Waals surface area contributed by atoms with Gasteiger partial charge in [-0.2, -0.15) is 0 Å². The summed E-state index contributed by atoms with van der Waals surface area (Å²) in [5.74, 6) is -0.338. The average Bonchev–Trinajstić information content (AvgIpc) is 3.17. The summed E-state index contributed by atoms with van der Waals surface area (Å²) >= 11 is 0. The zero-order valence-electron chi connectivity index (χ0n) is 33.7. The van der Waals surface area contributed by atoms with Crippen LogP contribution < -0.4 is 5.32 Å². The first-order chi connectivity index (χ1) is 25.9. The summed E-state index contributed by atoms with van der Waals surface area (Å²) in [7, 11) is 0. The number of likely N-dealkylation sites (tertiary alicyclic amines) is 2. The summed E-state index contributed by atoms with van der Waals surface area (Å²) < 4.78 is 19.6. The Morgan fingerprint density at radius 2 is 1.21 bits per heavy atom. The number of carbonyl (C=O) groups excluding carboxylic acids is 3. The van der Waals surface area contributed by atoms with Gasteiger partial charge in [-0.1, -0.05) is 123 Å². The molecule has 0 aliphatic carbocycles. The number of piperidine rings is 2. The van der Waals surface area contributed by atoms with Crippen LogP contribution in [0.2, 0.25) is 0 Å². The molecule has 1 aromatic carbocycles. The smallest absolute Gasteiger partial charge is 0.311 e. The Kier molecular flexibility index (Phi) is 22.9. The molecule has 0 atom stereocenters. The molecule has 1 aromatic rings. The highest BCUT2D eigenvalue weighted by Crippen LogP contribution is 2.32. The van der Waals surface area contributed by atoms with E-state index >= 15 is 0 Å². The molecule has 53 heavy (non-hydrogen) atoms. The van der Waals surface area contributed by atoms with Crippen molar-refractivity contribution < 1.29 is 23.5 Å². The van der Waals surface area contributed by atoms with Gasteiger partial charge in [0.2, 0.25) is 11.8 Å². The van der Waals surface area contributed by atoms with Gasteiger partial charge >= 0.3 is 5.97 Å². The molecule has 2 aliphatic heterocycles. The van der Waals surface area contributed by atoms with Gasteiger partial charge in [0.1, 0.15) is 17.1 Å². The largest absolute Gasteiger partial charge is 0.426 e. The van der Waals surface area contributed by atoms with Crippen LogP contribution in [0.3, 0.4) is 0 Å². The fraction of sp³-hybridized carbons (Fsp3) is 0.756. The Balaban J connectivity index is 1.47. The van der Waals surface area contributed by atoms with E-state index in [4.69, 9.17) is 4.74 Å². The van der Waals surface area contributed by atoms with E-state index in [1.165, 1.54) is 95.6 Å². The Labute approximate surface area is 322 Å². The van der Waals surface area contributed by atoms with E-state index in [9.17, 15) is 18.8 Å². The number of nitrogens with one attached hydrogen (secondary N) is 1. The number of imide groups is 1. The molecule has 0 saturated carbocycles. The van der Waals surface area contributed by atoms with E-state index in [2.05, 4.69) is 29.0 Å². The minimum Gasteiger partial charge on any atom is -0.426 e. The third-order valence-corrected chi connectivity index (χ3v) is 11.4. The molecule has 0 radical (unpaired) electrons. The lowest BCUT2D eigenvalue weighted by Crippen LogP contribution is -2.64. The van der Waals surface area contributed by atoms with Gasteiger partial charge < -0.3 is 9.64 Å². The van der Waals surface area contributed by atoms with Crippen LogP contribution in [0.5, 0.6) is 0 Å². The number of hydrogen-bond acceptors (Lipinski definition) is 6. The number of halogens is 1. The van der Waals surface area contributed by atoms with Crippen molar-refractivity contribution in [3.63, 3.8) is 0 Å². The van der Waals surface area contributed by atoms with Crippen LogP contribution in [0.1, 0.15) is 186 Å². The van der Waals surface area contributed by atoms with E-state index in [1.807, 2.05) is 6.08 Å². The molecule has 0 bridgehead atoms. The lowest BCUT2D eigenvalue weighted by atomic mass is 9.83. The second-order valence-electron chi connectivity index (χ2n) is 15.8. The molecule has 8 heteroatoms. The number of benzene rings is 1. The van der Waals surface area contributed by atoms with Crippen LogP contribution in [-0.4, -0.2) is 65.8 Å². The molecular formula is C45H74FN3O4. The molecule has 3 rings (SSSR count). The van der Waals surface area contributed by atoms with Gasteiger partial charge in [0, 0.05) is 38.0 Å². The van der Waals surface area contributed by atoms with Crippen LogP contribution in [0, 0.1) is 5.82 Å². The van der Waals surface area contributed by atoms with Crippen LogP contribution in [-0.2, 0) is 19.1 Å². The van der Waals surface area contributed by atoms with Gasteiger partial charge in [-0.25, -0.2) is 4.39 Å². The number of unbranched alkanes of at least 4 members (excludes halogenated alkanes) is 16. The molecule has 2 heterocycles. The molecule has 1 N–H and O–H groups in total. The van der Waals surface area contributed by atoms with Gasteiger partial charge in [0.25, 0.3) is 0 Å². The number of rotatable bonds is 27. The molecular weight excluding hydrogens is 666 g/mol. The quantitative estimate of drug-likeness (QED) is 0.0550. The van der Waals surface area contributed by atoms with Crippen molar-refractivity contribution in [2.75, 3.05) is 32.7 Å². The van der Waals surface area contributed by atoms with Crippen molar-refractivity contribution in [1.29, 1.82) is 0 Å². The molecule has 0 aromatic heterocycles. The Bertz CT molecular complexity index is 1190. The van der Waals surface area contributed by atoms with Gasteiger partial charge in [0.05, 0.1) is 0 Å². The first-order valence-corrected chi connectivity index (χ1v) is 21.9. The van der Waals surface area contributed by atoms with Crippen molar-refractivity contribution in [3.8, 4) is 0 Å². The van der Waals surface area contributed by atoms with E-state index in [-0.39, 0.29) is 23.6 Å². The number of carbonyl (C=O) groups is 3. The standard InChI is InChI=1S/C45H74FN3O4/c1-3-5-7-9-11-13-15-17-20-26-42(50)47-44(52)45(49-35-22-19-23-36-49)32-37-48(38-33-45)34-24-25-41(39-28-30-40(46)31-29-39)53-43(51)27-21-18-16-14-12-10-8-6-4-2/h25,28-31H,3-24,26-27,32-38H2,1-2H3,(H,47,50,52)/b41-25-. The average molecular weight is 740 g/mol. The second kappa shape index (κ2) is 27.1. The molecule has 2 fully saturated rings. The van der Waals surface area contributed by atoms with Crippen LogP contribution in [0.15, 0.2) is 30.3 Å². The first kappa shape index (κ1) is 44.8. The van der Waals surface area contributed by atoms with Crippen molar-refractivity contribution in [2.45, 2.75) is 186 Å². The van der Waals surface area contributed by atoms with Gasteiger partial charge in [-0.05, 0) is 88.4 Å². The maximum absolute atomic E-state index is 13.9.